The lowest BCUT2D eigenvalue weighted by molar-refractivity contribution is 0.254. The molecule has 1 aromatic rings. The molecule has 5 heteroatoms. The van der Waals surface area contributed by atoms with Gasteiger partial charge < -0.3 is 5.11 Å². The van der Waals surface area contributed by atoms with Crippen LogP contribution >= 0.6 is 0 Å². The number of hydrogen-bond acceptors (Lipinski definition) is 3. The average Bonchev–Trinajstić information content (AvgIpc) is 2.43. The molecule has 1 unspecified atom stereocenters. The highest BCUT2D eigenvalue weighted by atomic mass is 32.2. The van der Waals surface area contributed by atoms with E-state index in [0.717, 1.165) is 12.0 Å². The van der Waals surface area contributed by atoms with Gasteiger partial charge >= 0.3 is 0 Å². The Morgan fingerprint density at radius 3 is 2.25 bits per heavy atom. The minimum Gasteiger partial charge on any atom is -0.396 e. The van der Waals surface area contributed by atoms with Gasteiger partial charge in [-0.2, -0.15) is 0 Å². The second-order valence-electron chi connectivity index (χ2n) is 5.36. The third-order valence-electron chi connectivity index (χ3n) is 3.53. The number of sulfonamides is 1. The molecule has 1 rings (SSSR count). The summed E-state index contributed by atoms with van der Waals surface area (Å²) < 4.78 is 26.9. The molecule has 1 aromatic carbocycles. The number of aliphatic hydroxyl groups excluding tert-OH is 1. The molecule has 0 aliphatic rings. The third-order valence-corrected chi connectivity index (χ3v) is 4.97. The lowest BCUT2D eigenvalue weighted by atomic mass is 10.0. The van der Waals surface area contributed by atoms with Crippen molar-refractivity contribution in [1.82, 2.24) is 4.72 Å². The zero-order valence-electron chi connectivity index (χ0n) is 12.5. The number of aliphatic hydroxyl groups is 1. The van der Waals surface area contributed by atoms with Crippen LogP contribution in [0.3, 0.4) is 0 Å². The van der Waals surface area contributed by atoms with Crippen molar-refractivity contribution < 1.29 is 13.5 Å². The summed E-state index contributed by atoms with van der Waals surface area (Å²) in [5, 5.41) is 8.92. The van der Waals surface area contributed by atoms with E-state index >= 15 is 0 Å². The van der Waals surface area contributed by atoms with Gasteiger partial charge in [0, 0.05) is 13.2 Å². The second kappa shape index (κ2) is 7.76. The molecule has 0 amide bonds. The summed E-state index contributed by atoms with van der Waals surface area (Å²) >= 11 is 0. The van der Waals surface area contributed by atoms with Gasteiger partial charge in [0.25, 0.3) is 0 Å². The van der Waals surface area contributed by atoms with Crippen LogP contribution < -0.4 is 4.72 Å². The Labute approximate surface area is 122 Å². The van der Waals surface area contributed by atoms with Crippen molar-refractivity contribution in [2.75, 3.05) is 13.2 Å². The van der Waals surface area contributed by atoms with Gasteiger partial charge in [-0.1, -0.05) is 39.3 Å². The van der Waals surface area contributed by atoms with E-state index in [4.69, 9.17) is 5.11 Å². The van der Waals surface area contributed by atoms with Gasteiger partial charge in [-0.15, -0.1) is 0 Å². The molecule has 1 atom stereocenters. The number of hydrogen-bond donors (Lipinski definition) is 2. The molecule has 0 aliphatic carbocycles. The van der Waals surface area contributed by atoms with Gasteiger partial charge in [-0.25, -0.2) is 13.1 Å². The van der Waals surface area contributed by atoms with Crippen LogP contribution in [-0.2, 0) is 10.0 Å². The highest BCUT2D eigenvalue weighted by Gasteiger charge is 2.16. The van der Waals surface area contributed by atoms with E-state index in [0.29, 0.717) is 23.8 Å². The number of rotatable bonds is 8. The molecule has 20 heavy (non-hydrogen) atoms. The fourth-order valence-electron chi connectivity index (χ4n) is 1.98. The van der Waals surface area contributed by atoms with Gasteiger partial charge in [0.05, 0.1) is 4.90 Å². The van der Waals surface area contributed by atoms with Crippen molar-refractivity contribution in [3.05, 3.63) is 29.8 Å². The van der Waals surface area contributed by atoms with Crippen LogP contribution in [0, 0.1) is 5.92 Å². The maximum Gasteiger partial charge on any atom is 0.240 e. The molecule has 0 spiro atoms. The minimum absolute atomic E-state index is 0.0866. The summed E-state index contributed by atoms with van der Waals surface area (Å²) in [6, 6.07) is 6.99. The van der Waals surface area contributed by atoms with Crippen LogP contribution in [0.4, 0.5) is 0 Å². The zero-order chi connectivity index (χ0) is 15.2. The highest BCUT2D eigenvalue weighted by Crippen LogP contribution is 2.17. The molecule has 0 saturated carbocycles. The van der Waals surface area contributed by atoms with Crippen molar-refractivity contribution in [3.63, 3.8) is 0 Å². The summed E-state index contributed by atoms with van der Waals surface area (Å²) in [6.07, 6.45) is 1.46. The fourth-order valence-corrected chi connectivity index (χ4v) is 3.09. The summed E-state index contributed by atoms with van der Waals surface area (Å²) in [5.74, 6) is 0.554. The van der Waals surface area contributed by atoms with Crippen LogP contribution in [0.15, 0.2) is 29.2 Å². The van der Waals surface area contributed by atoms with E-state index in [-0.39, 0.29) is 12.5 Å². The van der Waals surface area contributed by atoms with E-state index in [1.807, 2.05) is 19.1 Å². The van der Waals surface area contributed by atoms with E-state index in [2.05, 4.69) is 18.6 Å². The monoisotopic (exact) mass is 299 g/mol. The second-order valence-corrected chi connectivity index (χ2v) is 7.13. The molecule has 0 fully saturated rings. The smallest absolute Gasteiger partial charge is 0.240 e. The lowest BCUT2D eigenvalue weighted by Gasteiger charge is -2.15. The molecule has 4 nitrogen and oxygen atoms in total. The molecule has 0 radical (unpaired) electrons. The molecule has 0 aliphatic heterocycles. The normalized spacial score (nSPS) is 13.7. The summed E-state index contributed by atoms with van der Waals surface area (Å²) in [7, 11) is -3.46. The van der Waals surface area contributed by atoms with Crippen molar-refractivity contribution in [2.24, 2.45) is 5.92 Å². The first-order valence-corrected chi connectivity index (χ1v) is 8.59. The lowest BCUT2D eigenvalue weighted by Crippen LogP contribution is -2.29. The summed E-state index contributed by atoms with van der Waals surface area (Å²) in [5.41, 5.74) is 1.12. The largest absolute Gasteiger partial charge is 0.396 e. The van der Waals surface area contributed by atoms with Crippen LogP contribution in [0.2, 0.25) is 0 Å². The van der Waals surface area contributed by atoms with Gasteiger partial charge in [0.1, 0.15) is 0 Å². The minimum atomic E-state index is -3.46. The molecule has 0 bridgehead atoms. The topological polar surface area (TPSA) is 66.4 Å². The highest BCUT2D eigenvalue weighted by molar-refractivity contribution is 7.89. The molecule has 0 aromatic heterocycles. The maximum atomic E-state index is 12.2. The standard InChI is InChI=1S/C15H25NO3S/c1-4-13(9-10-17)11-16-20(18,19)15-7-5-14(6-8-15)12(2)3/h5-8,12-13,16-17H,4,9-11H2,1-3H3. The van der Waals surface area contributed by atoms with Crippen LogP contribution in [0.25, 0.3) is 0 Å². The van der Waals surface area contributed by atoms with Gasteiger partial charge in [-0.05, 0) is 36.0 Å². The van der Waals surface area contributed by atoms with Crippen LogP contribution in [-0.4, -0.2) is 26.7 Å². The van der Waals surface area contributed by atoms with E-state index in [1.54, 1.807) is 12.1 Å². The van der Waals surface area contributed by atoms with Crippen LogP contribution in [0.1, 0.15) is 45.1 Å². The quantitative estimate of drug-likeness (QED) is 0.775. The maximum absolute atomic E-state index is 12.2. The number of benzene rings is 1. The Morgan fingerprint density at radius 2 is 1.80 bits per heavy atom. The number of nitrogens with one attached hydrogen (secondary N) is 1. The zero-order valence-corrected chi connectivity index (χ0v) is 13.3. The predicted octanol–water partition coefficient (Wildman–Crippen LogP) is 2.50. The molecule has 0 heterocycles. The van der Waals surface area contributed by atoms with Gasteiger partial charge in [-0.3, -0.25) is 0 Å². The molecule has 0 saturated heterocycles. The van der Waals surface area contributed by atoms with Crippen molar-refractivity contribution >= 4 is 10.0 Å². The molecule has 114 valence electrons. The average molecular weight is 299 g/mol. The summed E-state index contributed by atoms with van der Waals surface area (Å²) in [4.78, 5) is 0.292. The Bertz CT molecular complexity index is 494. The van der Waals surface area contributed by atoms with Crippen LogP contribution in [0.5, 0.6) is 0 Å². The van der Waals surface area contributed by atoms with E-state index in [9.17, 15) is 8.42 Å². The molecular weight excluding hydrogens is 274 g/mol. The summed E-state index contributed by atoms with van der Waals surface area (Å²) in [6.45, 7) is 6.59. The predicted molar refractivity (Wildman–Crippen MR) is 81.2 cm³/mol. The molecular formula is C15H25NO3S. The van der Waals surface area contributed by atoms with Crippen molar-refractivity contribution in [1.29, 1.82) is 0 Å². The Kier molecular flexibility index (Phi) is 6.65. The Morgan fingerprint density at radius 1 is 1.20 bits per heavy atom. The SMILES string of the molecule is CCC(CCO)CNS(=O)(=O)c1ccc(C(C)C)cc1. The first kappa shape index (κ1) is 17.1. The van der Waals surface area contributed by atoms with Crippen molar-refractivity contribution in [2.45, 2.75) is 44.4 Å². The first-order valence-electron chi connectivity index (χ1n) is 7.11. The van der Waals surface area contributed by atoms with E-state index < -0.39 is 10.0 Å². The first-order chi connectivity index (χ1) is 9.40. The Balaban J connectivity index is 2.73. The van der Waals surface area contributed by atoms with E-state index in [1.165, 1.54) is 0 Å². The molecule has 2 N–H and O–H groups in total. The fraction of sp³-hybridized carbons (Fsp3) is 0.600. The Hall–Kier alpha value is -0.910. The van der Waals surface area contributed by atoms with Crippen molar-refractivity contribution in [3.8, 4) is 0 Å². The third kappa shape index (κ3) is 4.89. The van der Waals surface area contributed by atoms with Gasteiger partial charge in [0.2, 0.25) is 10.0 Å². The van der Waals surface area contributed by atoms with Gasteiger partial charge in [0.15, 0.2) is 0 Å².